The largest absolute Gasteiger partial charge is 1.00 e. The van der Waals surface area contributed by atoms with Crippen molar-refractivity contribution in [3.05, 3.63) is 0 Å². The van der Waals surface area contributed by atoms with Crippen LogP contribution in [0.5, 0.6) is 0 Å². The molecule has 0 aliphatic heterocycles. The van der Waals surface area contributed by atoms with Gasteiger partial charge in [-0.15, -0.1) is 0 Å². The summed E-state index contributed by atoms with van der Waals surface area (Å²) in [6, 6.07) is 0. The molecule has 0 unspecified atom stereocenters. The van der Waals surface area contributed by atoms with Crippen molar-refractivity contribution in [1.82, 2.24) is 0 Å². The van der Waals surface area contributed by atoms with Crippen molar-refractivity contribution in [2.24, 2.45) is 0 Å². The number of rotatable bonds is 0. The van der Waals surface area contributed by atoms with Crippen LogP contribution in [-0.2, 0) is 0 Å². The third-order valence-corrected chi connectivity index (χ3v) is 0. The van der Waals surface area contributed by atoms with E-state index in [2.05, 4.69) is 0 Å². The molecule has 0 aromatic carbocycles. The molecule has 0 fully saturated rings. The summed E-state index contributed by atoms with van der Waals surface area (Å²) in [5, 5.41) is 0. The summed E-state index contributed by atoms with van der Waals surface area (Å²) < 4.78 is 0. The van der Waals surface area contributed by atoms with Crippen LogP contribution < -0.4 is 29.6 Å². The molecule has 0 aliphatic carbocycles. The Bertz CT molecular complexity index is 9.61. The summed E-state index contributed by atoms with van der Waals surface area (Å²) in [4.78, 5) is 0. The molecule has 0 nitrogen and oxygen atoms in total. The van der Waals surface area contributed by atoms with Crippen molar-refractivity contribution in [2.45, 2.75) is 13.2 Å². The van der Waals surface area contributed by atoms with Crippen LogP contribution in [0.2, 0.25) is 6.32 Å². The van der Waals surface area contributed by atoms with Gasteiger partial charge in [-0.05, 0) is 0 Å². The molecule has 0 saturated carbocycles. The molecule has 2 radical (unpaired) electrons. The number of hydrogen-bond acceptors (Lipinski definition) is 0. The van der Waals surface area contributed by atoms with Gasteiger partial charge in [-0.1, -0.05) is 13.2 Å². The fourth-order valence-electron chi connectivity index (χ4n) is 0. The Morgan fingerprint density at radius 1 is 2.00 bits per heavy atom. The van der Waals surface area contributed by atoms with E-state index < -0.39 is 0 Å². The van der Waals surface area contributed by atoms with E-state index in [4.69, 9.17) is 7.85 Å². The number of hydrogen-bond donors (Lipinski definition) is 0. The van der Waals surface area contributed by atoms with Crippen LogP contribution in [0, 0.1) is 0 Å². The zero-order chi connectivity index (χ0) is 2.71. The second-order valence-corrected chi connectivity index (χ2v) is 0.408. The van der Waals surface area contributed by atoms with Crippen molar-refractivity contribution in [3.63, 3.8) is 0 Å². The first-order valence-corrected chi connectivity index (χ1v) is 1.12. The summed E-state index contributed by atoms with van der Waals surface area (Å²) in [5.74, 6) is 0. The van der Waals surface area contributed by atoms with Gasteiger partial charge < -0.3 is 1.43 Å². The van der Waals surface area contributed by atoms with Gasteiger partial charge in [0.05, 0.1) is 7.85 Å². The molecule has 0 aromatic heterocycles. The van der Waals surface area contributed by atoms with Crippen LogP contribution in [0.15, 0.2) is 0 Å². The predicted octanol–water partition coefficient (Wildman–Crippen LogP) is -2.29. The first kappa shape index (κ1) is 8.91. The molecule has 18 valence electrons. The molecule has 0 rings (SSSR count). The SMILES string of the molecule is [B]CC.[H-].[Na+]. The summed E-state index contributed by atoms with van der Waals surface area (Å²) in [7, 11) is 4.85. The first-order chi connectivity index (χ1) is 1.41. The maximum atomic E-state index is 4.85. The van der Waals surface area contributed by atoms with Crippen LogP contribution in [-0.4, -0.2) is 7.85 Å². The minimum atomic E-state index is 0. The van der Waals surface area contributed by atoms with Gasteiger partial charge in [-0.25, -0.2) is 0 Å². The monoisotopic (exact) mass is 64.0 g/mol. The van der Waals surface area contributed by atoms with Gasteiger partial charge in [0.2, 0.25) is 0 Å². The van der Waals surface area contributed by atoms with E-state index in [1.165, 1.54) is 0 Å². The molecular formula is C2H6BNa. The van der Waals surface area contributed by atoms with E-state index in [1.54, 1.807) is 0 Å². The maximum absolute atomic E-state index is 4.85. The minimum Gasteiger partial charge on any atom is -1.00 e. The van der Waals surface area contributed by atoms with Gasteiger partial charge >= 0.3 is 29.6 Å². The predicted molar refractivity (Wildman–Crippen MR) is 17.3 cm³/mol. The fraction of sp³-hybridized carbons (Fsp3) is 1.00. The van der Waals surface area contributed by atoms with Gasteiger partial charge in [-0.3, -0.25) is 0 Å². The zero-order valence-electron chi connectivity index (χ0n) is 4.28. The minimum absolute atomic E-state index is 0. The summed E-state index contributed by atoms with van der Waals surface area (Å²) in [6.45, 7) is 1.90. The maximum Gasteiger partial charge on any atom is 1.00 e. The second kappa shape index (κ2) is 8.96. The van der Waals surface area contributed by atoms with Gasteiger partial charge in [0.15, 0.2) is 0 Å². The van der Waals surface area contributed by atoms with Crippen LogP contribution >= 0.6 is 0 Å². The molecule has 0 amide bonds. The Kier molecular flexibility index (Phi) is 19.9. The van der Waals surface area contributed by atoms with E-state index in [0.717, 1.165) is 6.32 Å². The Morgan fingerprint density at radius 2 is 2.00 bits per heavy atom. The molecule has 2 heteroatoms. The van der Waals surface area contributed by atoms with Crippen LogP contribution in [0.4, 0.5) is 0 Å². The molecule has 0 aromatic rings. The Morgan fingerprint density at radius 3 is 2.00 bits per heavy atom. The molecule has 0 spiro atoms. The Hall–Kier alpha value is 1.06. The van der Waals surface area contributed by atoms with Crippen molar-refractivity contribution in [2.75, 3.05) is 0 Å². The van der Waals surface area contributed by atoms with Gasteiger partial charge in [-0.2, -0.15) is 0 Å². The topological polar surface area (TPSA) is 0 Å². The molecule has 0 atom stereocenters. The quantitative estimate of drug-likeness (QED) is 0.278. The van der Waals surface area contributed by atoms with E-state index in [9.17, 15) is 0 Å². The smallest absolute Gasteiger partial charge is 1.00 e. The average molecular weight is 63.9 g/mol. The summed E-state index contributed by atoms with van der Waals surface area (Å²) >= 11 is 0. The van der Waals surface area contributed by atoms with Crippen molar-refractivity contribution in [3.8, 4) is 0 Å². The molecule has 4 heavy (non-hydrogen) atoms. The second-order valence-electron chi connectivity index (χ2n) is 0.408. The Labute approximate surface area is 52.2 Å². The standard InChI is InChI=1S/C2H5B.Na.H/c1-2-3;;/h2H2,1H3;;/q;+1;-1. The molecule has 0 saturated heterocycles. The molecule has 0 N–H and O–H groups in total. The van der Waals surface area contributed by atoms with E-state index in [0.29, 0.717) is 0 Å². The molecule has 0 heterocycles. The van der Waals surface area contributed by atoms with Crippen LogP contribution in [0.25, 0.3) is 0 Å². The normalized spacial score (nSPS) is 4.25. The first-order valence-electron chi connectivity index (χ1n) is 1.12. The average Bonchev–Trinajstić information content (AvgIpc) is 0.918. The third kappa shape index (κ3) is 11.5. The van der Waals surface area contributed by atoms with Crippen LogP contribution in [0.1, 0.15) is 8.35 Å². The van der Waals surface area contributed by atoms with E-state index >= 15 is 0 Å². The van der Waals surface area contributed by atoms with Gasteiger partial charge in [0.25, 0.3) is 0 Å². The third-order valence-electron chi connectivity index (χ3n) is 0. The van der Waals surface area contributed by atoms with Gasteiger partial charge in [0, 0.05) is 0 Å². The fourth-order valence-corrected chi connectivity index (χ4v) is 0. The molecular weight excluding hydrogens is 57.8 g/mol. The van der Waals surface area contributed by atoms with Crippen LogP contribution in [0.3, 0.4) is 0 Å². The zero-order valence-corrected chi connectivity index (χ0v) is 5.28. The van der Waals surface area contributed by atoms with Gasteiger partial charge in [0.1, 0.15) is 0 Å². The van der Waals surface area contributed by atoms with Crippen molar-refractivity contribution < 1.29 is 31.0 Å². The summed E-state index contributed by atoms with van der Waals surface area (Å²) in [5.41, 5.74) is 0. The Balaban J connectivity index is -0.0000000200. The van der Waals surface area contributed by atoms with Crippen molar-refractivity contribution >= 4 is 7.85 Å². The molecule has 0 bridgehead atoms. The van der Waals surface area contributed by atoms with Crippen molar-refractivity contribution in [1.29, 1.82) is 0 Å². The summed E-state index contributed by atoms with van der Waals surface area (Å²) in [6.07, 6.45) is 0.750. The van der Waals surface area contributed by atoms with E-state index in [1.807, 2.05) is 6.92 Å². The molecule has 0 aliphatic rings. The van der Waals surface area contributed by atoms with E-state index in [-0.39, 0.29) is 31.0 Å².